The summed E-state index contributed by atoms with van der Waals surface area (Å²) in [4.78, 5) is 1.86. The van der Waals surface area contributed by atoms with Crippen molar-refractivity contribution in [3.8, 4) is 0 Å². The Morgan fingerprint density at radius 1 is 1.12 bits per heavy atom. The zero-order valence-electron chi connectivity index (χ0n) is 16.6. The van der Waals surface area contributed by atoms with Gasteiger partial charge in [-0.05, 0) is 36.3 Å². The van der Waals surface area contributed by atoms with Gasteiger partial charge in [0, 0.05) is 41.3 Å². The molecule has 0 aromatic rings. The molecule has 0 spiro atoms. The molecule has 146 valence electrons. The normalized spacial score (nSPS) is 13.9. The molecule has 0 aliphatic carbocycles. The third-order valence-corrected chi connectivity index (χ3v) is 4.70. The van der Waals surface area contributed by atoms with Crippen LogP contribution in [0.2, 0.25) is 0 Å². The molecule has 0 bridgehead atoms. The molecular weight excluding hydrogens is 340 g/mol. The van der Waals surface area contributed by atoms with Gasteiger partial charge >= 0.3 is 0 Å². The SMILES string of the molecule is C=C/C=C(NCCNCC(C)(C)CCC)\C(=C/C=C)SC(/C=C\N)=C/N. The number of nitrogens with two attached hydrogens (primary N) is 2. The van der Waals surface area contributed by atoms with Crippen molar-refractivity contribution >= 4 is 11.8 Å². The lowest BCUT2D eigenvalue weighted by molar-refractivity contribution is 0.312. The van der Waals surface area contributed by atoms with Gasteiger partial charge in [-0.25, -0.2) is 0 Å². The van der Waals surface area contributed by atoms with Crippen molar-refractivity contribution in [1.29, 1.82) is 0 Å². The first-order valence-corrected chi connectivity index (χ1v) is 9.84. The van der Waals surface area contributed by atoms with Crippen LogP contribution in [0.15, 0.2) is 71.4 Å². The number of thioether (sulfide) groups is 1. The van der Waals surface area contributed by atoms with Gasteiger partial charge in [-0.3, -0.25) is 0 Å². The van der Waals surface area contributed by atoms with Crippen molar-refractivity contribution in [2.45, 2.75) is 33.6 Å². The van der Waals surface area contributed by atoms with Crippen LogP contribution in [0.1, 0.15) is 33.6 Å². The Bertz CT molecular complexity index is 542. The third kappa shape index (κ3) is 10.9. The maximum atomic E-state index is 5.67. The fourth-order valence-electron chi connectivity index (χ4n) is 2.45. The third-order valence-electron chi connectivity index (χ3n) is 3.62. The van der Waals surface area contributed by atoms with Crippen molar-refractivity contribution in [2.75, 3.05) is 19.6 Å². The quantitative estimate of drug-likeness (QED) is 0.271. The van der Waals surface area contributed by atoms with Gasteiger partial charge in [-0.1, -0.05) is 64.3 Å². The standard InChI is InChI=1S/C21H36N4S/c1-6-9-19(20(10-7-2)26-18(16-23)11-13-22)25-15-14-24-17-21(4,5)12-8-3/h6-7,9-11,13,16,24-25H,1-2,8,12,14-15,17,22-23H2,3-5H3/b13-11-,18-16+,19-9+,20-10+. The zero-order valence-corrected chi connectivity index (χ0v) is 17.4. The predicted molar refractivity (Wildman–Crippen MR) is 119 cm³/mol. The van der Waals surface area contributed by atoms with Gasteiger partial charge in [0.1, 0.15) is 0 Å². The largest absolute Gasteiger partial charge is 0.405 e. The van der Waals surface area contributed by atoms with E-state index in [0.29, 0.717) is 5.41 Å². The van der Waals surface area contributed by atoms with E-state index < -0.39 is 0 Å². The zero-order chi connectivity index (χ0) is 19.8. The average Bonchev–Trinajstić information content (AvgIpc) is 2.59. The van der Waals surface area contributed by atoms with Gasteiger partial charge in [0.25, 0.3) is 0 Å². The smallest absolute Gasteiger partial charge is 0.0482 e. The molecule has 0 aliphatic rings. The highest BCUT2D eigenvalue weighted by Gasteiger charge is 2.15. The molecule has 0 amide bonds. The first-order chi connectivity index (χ1) is 12.4. The van der Waals surface area contributed by atoms with E-state index in [1.54, 1.807) is 18.2 Å². The van der Waals surface area contributed by atoms with E-state index in [0.717, 1.165) is 35.1 Å². The first kappa shape index (κ1) is 24.1. The summed E-state index contributed by atoms with van der Waals surface area (Å²) in [6.07, 6.45) is 14.6. The van der Waals surface area contributed by atoms with Gasteiger partial charge in [0.15, 0.2) is 0 Å². The summed E-state index contributed by atoms with van der Waals surface area (Å²) >= 11 is 1.52. The molecule has 6 N–H and O–H groups in total. The lowest BCUT2D eigenvalue weighted by atomic mass is 9.88. The second-order valence-electron chi connectivity index (χ2n) is 6.63. The van der Waals surface area contributed by atoms with Crippen molar-refractivity contribution in [3.05, 3.63) is 71.4 Å². The van der Waals surface area contributed by atoms with Crippen LogP contribution < -0.4 is 22.1 Å². The topological polar surface area (TPSA) is 76.1 Å². The molecule has 0 heterocycles. The summed E-state index contributed by atoms with van der Waals surface area (Å²) in [5, 5.41) is 6.99. The Morgan fingerprint density at radius 2 is 1.81 bits per heavy atom. The summed E-state index contributed by atoms with van der Waals surface area (Å²) in [5.74, 6) is 0. The van der Waals surface area contributed by atoms with E-state index in [1.165, 1.54) is 37.0 Å². The van der Waals surface area contributed by atoms with Crippen LogP contribution in [0.25, 0.3) is 0 Å². The summed E-state index contributed by atoms with van der Waals surface area (Å²) in [6.45, 7) is 17.1. The maximum Gasteiger partial charge on any atom is 0.0482 e. The van der Waals surface area contributed by atoms with Gasteiger partial charge < -0.3 is 22.1 Å². The summed E-state index contributed by atoms with van der Waals surface area (Å²) in [6, 6.07) is 0. The molecule has 0 saturated heterocycles. The molecule has 0 aliphatic heterocycles. The molecule has 0 rings (SSSR count). The van der Waals surface area contributed by atoms with E-state index in [4.69, 9.17) is 11.5 Å². The van der Waals surface area contributed by atoms with Crippen LogP contribution in [0.3, 0.4) is 0 Å². The molecule has 0 aromatic heterocycles. The number of hydrogen-bond acceptors (Lipinski definition) is 5. The molecular formula is C21H36N4S. The van der Waals surface area contributed by atoms with Crippen molar-refractivity contribution in [2.24, 2.45) is 16.9 Å². The van der Waals surface area contributed by atoms with Crippen LogP contribution >= 0.6 is 11.8 Å². The van der Waals surface area contributed by atoms with Crippen molar-refractivity contribution in [1.82, 2.24) is 10.6 Å². The van der Waals surface area contributed by atoms with E-state index in [-0.39, 0.29) is 0 Å². The Morgan fingerprint density at radius 3 is 2.35 bits per heavy atom. The van der Waals surface area contributed by atoms with E-state index in [2.05, 4.69) is 44.6 Å². The number of nitrogens with one attached hydrogen (secondary N) is 2. The predicted octanol–water partition coefficient (Wildman–Crippen LogP) is 4.14. The van der Waals surface area contributed by atoms with Gasteiger partial charge in [-0.2, -0.15) is 0 Å². The highest BCUT2D eigenvalue weighted by Crippen LogP contribution is 2.30. The lowest BCUT2D eigenvalue weighted by Gasteiger charge is -2.24. The Hall–Kier alpha value is -1.85. The Kier molecular flexibility index (Phi) is 13.3. The Labute approximate surface area is 164 Å². The minimum Gasteiger partial charge on any atom is -0.405 e. The second kappa shape index (κ2) is 14.3. The average molecular weight is 377 g/mol. The van der Waals surface area contributed by atoms with Crippen LogP contribution in [0.5, 0.6) is 0 Å². The lowest BCUT2D eigenvalue weighted by Crippen LogP contribution is -2.34. The molecule has 5 heteroatoms. The number of hydrogen-bond donors (Lipinski definition) is 4. The van der Waals surface area contributed by atoms with Crippen molar-refractivity contribution < 1.29 is 0 Å². The molecule has 4 nitrogen and oxygen atoms in total. The van der Waals surface area contributed by atoms with E-state index in [1.807, 2.05) is 12.2 Å². The van der Waals surface area contributed by atoms with Crippen LogP contribution in [-0.2, 0) is 0 Å². The van der Waals surface area contributed by atoms with Crippen LogP contribution in [0.4, 0.5) is 0 Å². The minimum atomic E-state index is 0.327. The summed E-state index contributed by atoms with van der Waals surface area (Å²) in [7, 11) is 0. The first-order valence-electron chi connectivity index (χ1n) is 9.02. The molecule has 0 radical (unpaired) electrons. The number of allylic oxidation sites excluding steroid dienone is 5. The second-order valence-corrected chi connectivity index (χ2v) is 7.75. The molecule has 26 heavy (non-hydrogen) atoms. The van der Waals surface area contributed by atoms with Gasteiger partial charge in [0.2, 0.25) is 0 Å². The van der Waals surface area contributed by atoms with E-state index >= 15 is 0 Å². The fourth-order valence-corrected chi connectivity index (χ4v) is 3.34. The highest BCUT2D eigenvalue weighted by molar-refractivity contribution is 8.07. The minimum absolute atomic E-state index is 0.327. The summed E-state index contributed by atoms with van der Waals surface area (Å²) in [5.41, 5.74) is 12.4. The molecule has 0 aromatic carbocycles. The van der Waals surface area contributed by atoms with Crippen molar-refractivity contribution in [3.63, 3.8) is 0 Å². The van der Waals surface area contributed by atoms with Crippen LogP contribution in [-0.4, -0.2) is 19.6 Å². The fraction of sp³-hybridized carbons (Fsp3) is 0.429. The molecule has 0 fully saturated rings. The highest BCUT2D eigenvalue weighted by atomic mass is 32.2. The molecule has 0 saturated carbocycles. The molecule has 0 atom stereocenters. The summed E-state index contributed by atoms with van der Waals surface area (Å²) < 4.78 is 0. The molecule has 0 unspecified atom stereocenters. The van der Waals surface area contributed by atoms with E-state index in [9.17, 15) is 0 Å². The van der Waals surface area contributed by atoms with Gasteiger partial charge in [-0.15, -0.1) is 0 Å². The van der Waals surface area contributed by atoms with Crippen LogP contribution in [0, 0.1) is 5.41 Å². The number of rotatable bonds is 14. The monoisotopic (exact) mass is 376 g/mol. The maximum absolute atomic E-state index is 5.67. The van der Waals surface area contributed by atoms with Gasteiger partial charge in [0.05, 0.1) is 0 Å². The Balaban J connectivity index is 4.79.